The number of likely N-dealkylation sites (tertiary alicyclic amines) is 2. The summed E-state index contributed by atoms with van der Waals surface area (Å²) in [6.07, 6.45) is 7.04. The minimum atomic E-state index is 0.570. The first kappa shape index (κ1) is 35.9. The summed E-state index contributed by atoms with van der Waals surface area (Å²) in [6, 6.07) is 37.0. The molecule has 0 aliphatic carbocycles. The van der Waals surface area contributed by atoms with Crippen LogP contribution in [0.1, 0.15) is 60.8 Å². The van der Waals surface area contributed by atoms with Crippen LogP contribution in [0.2, 0.25) is 0 Å². The van der Waals surface area contributed by atoms with Gasteiger partial charge >= 0.3 is 0 Å². The standard InChI is InChI=1S/C42H53N9/c43-41(45-25-19-33-21-27-50(28-22-33)31-35-7-3-1-4-8-35)37-11-15-39(16-12-37)47-49-48-40-17-13-38(14-18-40)42(44)46-26-20-34-23-29-51(30-24-34)32-36-9-5-2-6-10-36/h1-18,33-34H,19-32H2,(H2,43,45)(H2,44,46)(H,47,48). The van der Waals surface area contributed by atoms with Gasteiger partial charge in [0.1, 0.15) is 11.7 Å². The summed E-state index contributed by atoms with van der Waals surface area (Å²) in [4.78, 5) is 14.5. The van der Waals surface area contributed by atoms with Crippen molar-refractivity contribution in [1.29, 1.82) is 0 Å². The molecule has 2 fully saturated rings. The monoisotopic (exact) mass is 683 g/mol. The first-order chi connectivity index (χ1) is 25.1. The maximum atomic E-state index is 6.33. The maximum Gasteiger partial charge on any atom is 0.125 e. The Kier molecular flexibility index (Phi) is 13.4. The highest BCUT2D eigenvalue weighted by Crippen LogP contribution is 2.23. The molecule has 9 nitrogen and oxygen atoms in total. The largest absolute Gasteiger partial charge is 0.384 e. The van der Waals surface area contributed by atoms with Gasteiger partial charge in [0.2, 0.25) is 0 Å². The lowest BCUT2D eigenvalue weighted by molar-refractivity contribution is 0.173. The quantitative estimate of drug-likeness (QED) is 0.0511. The van der Waals surface area contributed by atoms with E-state index in [1.807, 2.05) is 48.5 Å². The highest BCUT2D eigenvalue weighted by molar-refractivity contribution is 5.98. The molecular formula is C42H53N9. The van der Waals surface area contributed by atoms with E-state index < -0.39 is 0 Å². The second-order valence-electron chi connectivity index (χ2n) is 14.0. The highest BCUT2D eigenvalue weighted by Gasteiger charge is 2.20. The summed E-state index contributed by atoms with van der Waals surface area (Å²) < 4.78 is 0. The molecule has 0 saturated carbocycles. The zero-order valence-electron chi connectivity index (χ0n) is 29.8. The van der Waals surface area contributed by atoms with Gasteiger partial charge in [-0.1, -0.05) is 65.9 Å². The Hall–Kier alpha value is -4.86. The fraction of sp³-hybridized carbons (Fsp3) is 0.381. The first-order valence-electron chi connectivity index (χ1n) is 18.6. The number of nitrogens with two attached hydrogens (primary N) is 2. The number of nitrogens with zero attached hydrogens (tertiary/aromatic N) is 6. The van der Waals surface area contributed by atoms with Crippen LogP contribution in [-0.2, 0) is 13.1 Å². The number of piperidine rings is 2. The van der Waals surface area contributed by atoms with Crippen LogP contribution in [0.5, 0.6) is 0 Å². The average molecular weight is 684 g/mol. The second kappa shape index (κ2) is 18.9. The van der Waals surface area contributed by atoms with E-state index in [0.717, 1.165) is 87.7 Å². The molecule has 2 aliphatic heterocycles. The average Bonchev–Trinajstić information content (AvgIpc) is 3.17. The number of hydrogen-bond donors (Lipinski definition) is 3. The maximum absolute atomic E-state index is 6.33. The molecule has 6 rings (SSSR count). The zero-order valence-corrected chi connectivity index (χ0v) is 29.8. The van der Waals surface area contributed by atoms with Crippen molar-refractivity contribution in [2.24, 2.45) is 43.6 Å². The topological polar surface area (TPSA) is 120 Å². The van der Waals surface area contributed by atoms with Crippen molar-refractivity contribution in [1.82, 2.24) is 9.80 Å². The van der Waals surface area contributed by atoms with E-state index in [0.29, 0.717) is 23.5 Å². The lowest BCUT2D eigenvalue weighted by Crippen LogP contribution is -2.33. The summed E-state index contributed by atoms with van der Waals surface area (Å²) in [5, 5.41) is 8.47. The summed E-state index contributed by atoms with van der Waals surface area (Å²) in [7, 11) is 0. The molecule has 4 aromatic rings. The van der Waals surface area contributed by atoms with Crippen LogP contribution >= 0.6 is 0 Å². The van der Waals surface area contributed by atoms with Gasteiger partial charge in [-0.05, 0) is 136 Å². The number of anilines is 1. The van der Waals surface area contributed by atoms with E-state index in [9.17, 15) is 0 Å². The third-order valence-corrected chi connectivity index (χ3v) is 10.2. The van der Waals surface area contributed by atoms with Crippen LogP contribution in [0, 0.1) is 11.8 Å². The van der Waals surface area contributed by atoms with Crippen molar-refractivity contribution in [3.8, 4) is 0 Å². The molecule has 0 bridgehead atoms. The number of benzene rings is 4. The lowest BCUT2D eigenvalue weighted by atomic mass is 9.93. The van der Waals surface area contributed by atoms with Gasteiger partial charge in [-0.3, -0.25) is 25.2 Å². The Morgan fingerprint density at radius 2 is 1.00 bits per heavy atom. The highest BCUT2D eigenvalue weighted by atomic mass is 15.4. The van der Waals surface area contributed by atoms with Gasteiger partial charge < -0.3 is 11.5 Å². The molecule has 0 amide bonds. The first-order valence-corrected chi connectivity index (χ1v) is 18.6. The molecule has 51 heavy (non-hydrogen) atoms. The number of amidine groups is 2. The molecule has 5 N–H and O–H groups in total. The summed E-state index contributed by atoms with van der Waals surface area (Å²) in [5.41, 5.74) is 21.8. The number of rotatable bonds is 15. The molecule has 0 spiro atoms. The van der Waals surface area contributed by atoms with Crippen LogP contribution < -0.4 is 16.9 Å². The minimum Gasteiger partial charge on any atom is -0.384 e. The fourth-order valence-electron chi connectivity index (χ4n) is 7.02. The molecule has 0 radical (unpaired) electrons. The van der Waals surface area contributed by atoms with Crippen molar-refractivity contribution in [2.45, 2.75) is 51.6 Å². The van der Waals surface area contributed by atoms with E-state index in [2.05, 4.69) is 96.2 Å². The number of hydrogen-bond acceptors (Lipinski definition) is 6. The molecule has 2 saturated heterocycles. The molecule has 0 unspecified atom stereocenters. The Morgan fingerprint density at radius 3 is 1.45 bits per heavy atom. The number of nitrogens with one attached hydrogen (secondary N) is 1. The third kappa shape index (κ3) is 11.6. The predicted octanol–water partition coefficient (Wildman–Crippen LogP) is 7.81. The third-order valence-electron chi connectivity index (χ3n) is 10.2. The summed E-state index contributed by atoms with van der Waals surface area (Å²) in [6.45, 7) is 8.19. The Morgan fingerprint density at radius 1 is 0.569 bits per heavy atom. The van der Waals surface area contributed by atoms with Gasteiger partial charge in [-0.2, -0.15) is 0 Å². The van der Waals surface area contributed by atoms with E-state index in [-0.39, 0.29) is 0 Å². The molecule has 2 heterocycles. The summed E-state index contributed by atoms with van der Waals surface area (Å²) in [5.74, 6) is 2.56. The van der Waals surface area contributed by atoms with Gasteiger partial charge in [0.25, 0.3) is 0 Å². The van der Waals surface area contributed by atoms with Crippen molar-refractivity contribution >= 4 is 23.0 Å². The summed E-state index contributed by atoms with van der Waals surface area (Å²) >= 11 is 0. The fourth-order valence-corrected chi connectivity index (χ4v) is 7.02. The molecule has 2 aliphatic rings. The van der Waals surface area contributed by atoms with Crippen LogP contribution in [0.4, 0.5) is 11.4 Å². The van der Waals surface area contributed by atoms with E-state index in [4.69, 9.17) is 11.5 Å². The normalized spacial score (nSPS) is 17.3. The van der Waals surface area contributed by atoms with Gasteiger partial charge in [0.15, 0.2) is 0 Å². The SMILES string of the molecule is NC(=NCCC1CCN(Cc2ccccc2)CC1)c1ccc(N=NNc2ccc(C(N)=NCCC3CCN(Cc4ccccc4)CC3)cc2)cc1. The zero-order chi connectivity index (χ0) is 35.1. The second-order valence-corrected chi connectivity index (χ2v) is 14.0. The molecule has 0 atom stereocenters. The van der Waals surface area contributed by atoms with E-state index >= 15 is 0 Å². The van der Waals surface area contributed by atoms with Gasteiger partial charge in [0.05, 0.1) is 11.4 Å². The van der Waals surface area contributed by atoms with E-state index in [1.165, 1.54) is 36.8 Å². The lowest BCUT2D eigenvalue weighted by Gasteiger charge is -2.31. The molecular weight excluding hydrogens is 631 g/mol. The Balaban J connectivity index is 0.864. The predicted molar refractivity (Wildman–Crippen MR) is 210 cm³/mol. The van der Waals surface area contributed by atoms with E-state index in [1.54, 1.807) is 0 Å². The van der Waals surface area contributed by atoms with Gasteiger partial charge in [-0.25, -0.2) is 0 Å². The van der Waals surface area contributed by atoms with Crippen LogP contribution in [0.25, 0.3) is 0 Å². The van der Waals surface area contributed by atoms with Crippen molar-refractivity contribution in [2.75, 3.05) is 44.7 Å². The molecule has 266 valence electrons. The van der Waals surface area contributed by atoms with Gasteiger partial charge in [0, 0.05) is 37.3 Å². The molecule has 0 aromatic heterocycles. The minimum absolute atomic E-state index is 0.570. The Labute approximate surface area is 303 Å². The molecule has 4 aromatic carbocycles. The molecule has 9 heteroatoms. The number of aliphatic imine (C=N–C) groups is 2. The van der Waals surface area contributed by atoms with Crippen LogP contribution in [-0.4, -0.2) is 60.7 Å². The van der Waals surface area contributed by atoms with Gasteiger partial charge in [-0.15, -0.1) is 5.11 Å². The Bertz CT molecular complexity index is 1690. The van der Waals surface area contributed by atoms with Crippen LogP contribution in [0.15, 0.2) is 130 Å². The van der Waals surface area contributed by atoms with Crippen molar-refractivity contribution < 1.29 is 0 Å². The van der Waals surface area contributed by atoms with Crippen molar-refractivity contribution in [3.63, 3.8) is 0 Å². The van der Waals surface area contributed by atoms with Crippen LogP contribution in [0.3, 0.4) is 0 Å². The van der Waals surface area contributed by atoms with Crippen molar-refractivity contribution in [3.05, 3.63) is 131 Å². The smallest absolute Gasteiger partial charge is 0.125 e.